The molecule has 0 fully saturated rings. The molecule has 9 aromatic rings. The average molecular weight is 583 g/mol. The molecule has 0 aromatic heterocycles. The number of fused-ring (bicyclic) bond motifs is 4. The van der Waals surface area contributed by atoms with Crippen LogP contribution in [0.3, 0.4) is 0 Å². The molecule has 0 radical (unpaired) electrons. The SMILES string of the molecule is c1cc(-c2ccc3ccccc3c2)cc(-c2ccc(-c3ccc4ccccc4c3)c3ccc(-c4ccc5ccccc5c4)cc23)c1. The van der Waals surface area contributed by atoms with E-state index < -0.39 is 0 Å². The zero-order valence-corrected chi connectivity index (χ0v) is 25.3. The predicted molar refractivity (Wildman–Crippen MR) is 198 cm³/mol. The zero-order valence-electron chi connectivity index (χ0n) is 25.3. The van der Waals surface area contributed by atoms with Gasteiger partial charge in [0.1, 0.15) is 0 Å². The molecule has 0 unspecified atom stereocenters. The Balaban J connectivity index is 1.24. The maximum absolute atomic E-state index is 2.39. The van der Waals surface area contributed by atoms with Gasteiger partial charge in [-0.2, -0.15) is 0 Å². The van der Waals surface area contributed by atoms with E-state index in [-0.39, 0.29) is 0 Å². The minimum Gasteiger partial charge on any atom is -0.0616 e. The van der Waals surface area contributed by atoms with Crippen molar-refractivity contribution in [3.05, 3.63) is 182 Å². The smallest absolute Gasteiger partial charge is 0.00930 e. The molecular formula is C46H30. The first-order valence-corrected chi connectivity index (χ1v) is 15.9. The van der Waals surface area contributed by atoms with Gasteiger partial charge in [0.05, 0.1) is 0 Å². The van der Waals surface area contributed by atoms with E-state index in [1.807, 2.05) is 0 Å². The Hall–Kier alpha value is -5.98. The highest BCUT2D eigenvalue weighted by molar-refractivity contribution is 6.08. The lowest BCUT2D eigenvalue weighted by Gasteiger charge is -2.15. The summed E-state index contributed by atoms with van der Waals surface area (Å²) in [6, 6.07) is 66.7. The monoisotopic (exact) mass is 582 g/mol. The standard InChI is InChI=1S/C46H30/c1-4-11-34-26-38(19-16-31(34)8-1)37-14-7-15-41(29-37)44-25-24-43(42-21-18-33-10-3-6-13-36(33)28-42)45-23-22-40(30-46(44)45)39-20-17-32-9-2-5-12-35(32)27-39/h1-30H. The molecule has 0 N–H and O–H groups in total. The second-order valence-electron chi connectivity index (χ2n) is 12.2. The minimum absolute atomic E-state index is 1.22. The molecule has 0 heterocycles. The van der Waals surface area contributed by atoms with Crippen LogP contribution in [-0.2, 0) is 0 Å². The highest BCUT2D eigenvalue weighted by atomic mass is 14.2. The maximum atomic E-state index is 2.39. The van der Waals surface area contributed by atoms with Crippen LogP contribution in [0.2, 0.25) is 0 Å². The molecule has 0 saturated heterocycles. The molecule has 0 nitrogen and oxygen atoms in total. The summed E-state index contributed by atoms with van der Waals surface area (Å²) < 4.78 is 0. The summed E-state index contributed by atoms with van der Waals surface area (Å²) in [5, 5.41) is 10.1. The topological polar surface area (TPSA) is 0 Å². The first-order valence-electron chi connectivity index (χ1n) is 15.9. The molecule has 0 spiro atoms. The molecule has 0 amide bonds. The van der Waals surface area contributed by atoms with Gasteiger partial charge in [0.15, 0.2) is 0 Å². The van der Waals surface area contributed by atoms with Gasteiger partial charge < -0.3 is 0 Å². The van der Waals surface area contributed by atoms with Crippen LogP contribution >= 0.6 is 0 Å². The van der Waals surface area contributed by atoms with Gasteiger partial charge in [0.2, 0.25) is 0 Å². The number of hydrogen-bond donors (Lipinski definition) is 0. The molecule has 9 rings (SSSR count). The van der Waals surface area contributed by atoms with Crippen molar-refractivity contribution >= 4 is 43.1 Å². The highest BCUT2D eigenvalue weighted by Crippen LogP contribution is 2.40. The van der Waals surface area contributed by atoms with Crippen LogP contribution in [0.1, 0.15) is 0 Å². The fourth-order valence-corrected chi connectivity index (χ4v) is 6.99. The van der Waals surface area contributed by atoms with Gasteiger partial charge in [-0.3, -0.25) is 0 Å². The van der Waals surface area contributed by atoms with Crippen LogP contribution in [0.4, 0.5) is 0 Å². The number of rotatable bonds is 4. The van der Waals surface area contributed by atoms with Gasteiger partial charge >= 0.3 is 0 Å². The maximum Gasteiger partial charge on any atom is -0.00930 e. The zero-order chi connectivity index (χ0) is 30.5. The fraction of sp³-hybridized carbons (Fsp3) is 0. The van der Waals surface area contributed by atoms with Crippen LogP contribution in [-0.4, -0.2) is 0 Å². The molecule has 0 bridgehead atoms. The van der Waals surface area contributed by atoms with Crippen molar-refractivity contribution in [2.45, 2.75) is 0 Å². The van der Waals surface area contributed by atoms with Gasteiger partial charge in [0.25, 0.3) is 0 Å². The Morgan fingerprint density at radius 1 is 0.196 bits per heavy atom. The first kappa shape index (κ1) is 26.4. The molecule has 0 aliphatic carbocycles. The van der Waals surface area contributed by atoms with E-state index in [4.69, 9.17) is 0 Å². The Morgan fingerprint density at radius 3 is 1.17 bits per heavy atom. The normalized spacial score (nSPS) is 11.5. The molecule has 46 heavy (non-hydrogen) atoms. The van der Waals surface area contributed by atoms with E-state index in [2.05, 4.69) is 182 Å². The number of hydrogen-bond acceptors (Lipinski definition) is 0. The van der Waals surface area contributed by atoms with Crippen LogP contribution < -0.4 is 0 Å². The summed E-state index contributed by atoms with van der Waals surface area (Å²) in [7, 11) is 0. The summed E-state index contributed by atoms with van der Waals surface area (Å²) >= 11 is 0. The predicted octanol–water partition coefficient (Wildman–Crippen LogP) is 13.0. The lowest BCUT2D eigenvalue weighted by atomic mass is 9.88. The van der Waals surface area contributed by atoms with Gasteiger partial charge in [-0.05, 0) is 118 Å². The van der Waals surface area contributed by atoms with Crippen molar-refractivity contribution in [2.75, 3.05) is 0 Å². The quantitative estimate of drug-likeness (QED) is 0.194. The van der Waals surface area contributed by atoms with Crippen molar-refractivity contribution in [2.24, 2.45) is 0 Å². The largest absolute Gasteiger partial charge is 0.0616 e. The molecular weight excluding hydrogens is 553 g/mol. The summed E-state index contributed by atoms with van der Waals surface area (Å²) in [4.78, 5) is 0. The fourth-order valence-electron chi connectivity index (χ4n) is 6.99. The molecule has 0 atom stereocenters. The van der Waals surface area contributed by atoms with E-state index in [9.17, 15) is 0 Å². The van der Waals surface area contributed by atoms with E-state index in [0.29, 0.717) is 0 Å². The van der Waals surface area contributed by atoms with E-state index >= 15 is 0 Å². The first-order chi connectivity index (χ1) is 22.8. The van der Waals surface area contributed by atoms with Crippen molar-refractivity contribution in [3.8, 4) is 44.5 Å². The van der Waals surface area contributed by atoms with Gasteiger partial charge in [-0.25, -0.2) is 0 Å². The van der Waals surface area contributed by atoms with Gasteiger partial charge in [-0.1, -0.05) is 152 Å². The summed E-state index contributed by atoms with van der Waals surface area (Å²) in [6.45, 7) is 0. The molecule has 0 aliphatic heterocycles. The van der Waals surface area contributed by atoms with Gasteiger partial charge in [-0.15, -0.1) is 0 Å². The molecule has 214 valence electrons. The number of benzene rings is 9. The Kier molecular flexibility index (Phi) is 6.25. The molecule has 0 heteroatoms. The van der Waals surface area contributed by atoms with Crippen LogP contribution in [0, 0.1) is 0 Å². The lowest BCUT2D eigenvalue weighted by Crippen LogP contribution is -1.89. The lowest BCUT2D eigenvalue weighted by molar-refractivity contribution is 1.61. The van der Waals surface area contributed by atoms with E-state index in [1.54, 1.807) is 0 Å². The van der Waals surface area contributed by atoms with Crippen LogP contribution in [0.5, 0.6) is 0 Å². The third kappa shape index (κ3) is 4.64. The third-order valence-corrected chi connectivity index (χ3v) is 9.42. The Bertz CT molecular complexity index is 2590. The van der Waals surface area contributed by atoms with Crippen molar-refractivity contribution in [1.82, 2.24) is 0 Å². The Morgan fingerprint density at radius 2 is 0.587 bits per heavy atom. The van der Waals surface area contributed by atoms with E-state index in [1.165, 1.54) is 87.6 Å². The van der Waals surface area contributed by atoms with Crippen molar-refractivity contribution in [1.29, 1.82) is 0 Å². The van der Waals surface area contributed by atoms with Crippen LogP contribution in [0.15, 0.2) is 182 Å². The van der Waals surface area contributed by atoms with Crippen molar-refractivity contribution < 1.29 is 0 Å². The van der Waals surface area contributed by atoms with Gasteiger partial charge in [0, 0.05) is 0 Å². The van der Waals surface area contributed by atoms with E-state index in [0.717, 1.165) is 0 Å². The molecule has 0 aliphatic rings. The summed E-state index contributed by atoms with van der Waals surface area (Å²) in [6.07, 6.45) is 0. The Labute approximate surface area is 268 Å². The molecule has 0 saturated carbocycles. The summed E-state index contributed by atoms with van der Waals surface area (Å²) in [5.74, 6) is 0. The molecule has 9 aromatic carbocycles. The summed E-state index contributed by atoms with van der Waals surface area (Å²) in [5.41, 5.74) is 9.85. The second kappa shape index (κ2) is 10.9. The van der Waals surface area contributed by atoms with Crippen LogP contribution in [0.25, 0.3) is 87.6 Å². The average Bonchev–Trinajstić information content (AvgIpc) is 3.13. The minimum atomic E-state index is 1.22. The third-order valence-electron chi connectivity index (χ3n) is 9.42. The highest BCUT2D eigenvalue weighted by Gasteiger charge is 2.13. The second-order valence-corrected chi connectivity index (χ2v) is 12.2. The van der Waals surface area contributed by atoms with Crippen molar-refractivity contribution in [3.63, 3.8) is 0 Å².